The first kappa shape index (κ1) is 15.0. The van der Waals surface area contributed by atoms with Gasteiger partial charge in [0.2, 0.25) is 5.91 Å². The van der Waals surface area contributed by atoms with E-state index < -0.39 is 0 Å². The second-order valence-electron chi connectivity index (χ2n) is 5.14. The van der Waals surface area contributed by atoms with E-state index in [0.29, 0.717) is 32.1 Å². The molecule has 3 amide bonds. The minimum atomic E-state index is -0.339. The number of ether oxygens (including phenoxy) is 2. The van der Waals surface area contributed by atoms with Crippen molar-refractivity contribution in [2.75, 3.05) is 26.3 Å². The number of carbonyl (C=O) groups excluding carboxylic acids is 2. The molecule has 0 radical (unpaired) electrons. The molecule has 1 aromatic rings. The molecule has 1 fully saturated rings. The number of urea groups is 1. The van der Waals surface area contributed by atoms with Crippen molar-refractivity contribution < 1.29 is 19.1 Å². The van der Waals surface area contributed by atoms with Crippen LogP contribution < -0.4 is 14.8 Å². The second kappa shape index (κ2) is 6.48. The average molecular weight is 322 g/mol. The summed E-state index contributed by atoms with van der Waals surface area (Å²) in [7, 11) is 0. The molecule has 1 saturated heterocycles. The third kappa shape index (κ3) is 3.14. The Morgan fingerprint density at radius 1 is 1.32 bits per heavy atom. The van der Waals surface area contributed by atoms with Crippen molar-refractivity contribution in [1.82, 2.24) is 10.2 Å². The van der Waals surface area contributed by atoms with Gasteiger partial charge in [-0.2, -0.15) is 0 Å². The summed E-state index contributed by atoms with van der Waals surface area (Å²) in [6.45, 7) is 4.04. The number of imide groups is 1. The molecule has 0 unspecified atom stereocenters. The number of fused-ring (bicyclic) bond motifs is 1. The van der Waals surface area contributed by atoms with Crippen molar-refractivity contribution in [3.63, 3.8) is 0 Å². The predicted molar refractivity (Wildman–Crippen MR) is 82.5 cm³/mol. The minimum Gasteiger partial charge on any atom is -0.490 e. The van der Waals surface area contributed by atoms with E-state index in [1.807, 2.05) is 25.1 Å². The summed E-state index contributed by atoms with van der Waals surface area (Å²) in [6, 6.07) is 5.35. The van der Waals surface area contributed by atoms with E-state index in [9.17, 15) is 9.59 Å². The van der Waals surface area contributed by atoms with Crippen LogP contribution in [0.3, 0.4) is 0 Å². The third-order valence-electron chi connectivity index (χ3n) is 3.50. The molecule has 118 valence electrons. The summed E-state index contributed by atoms with van der Waals surface area (Å²) in [4.78, 5) is 26.0. The largest absolute Gasteiger partial charge is 0.490 e. The molecule has 0 bridgehead atoms. The van der Waals surface area contributed by atoms with Crippen LogP contribution in [-0.2, 0) is 4.79 Å². The Morgan fingerprint density at radius 2 is 2.09 bits per heavy atom. The van der Waals surface area contributed by atoms with Crippen LogP contribution in [0.15, 0.2) is 23.1 Å². The van der Waals surface area contributed by atoms with Crippen LogP contribution in [-0.4, -0.2) is 48.4 Å². The summed E-state index contributed by atoms with van der Waals surface area (Å²) in [5.41, 5.74) is 0. The Bertz CT molecular complexity index is 593. The van der Waals surface area contributed by atoms with E-state index in [0.717, 1.165) is 17.1 Å². The van der Waals surface area contributed by atoms with Gasteiger partial charge < -0.3 is 14.8 Å². The van der Waals surface area contributed by atoms with Gasteiger partial charge in [-0.05, 0) is 25.1 Å². The summed E-state index contributed by atoms with van der Waals surface area (Å²) in [5, 5.41) is 2.30. The lowest BCUT2D eigenvalue weighted by molar-refractivity contribution is -0.126. The van der Waals surface area contributed by atoms with E-state index in [2.05, 4.69) is 5.32 Å². The fraction of sp³-hybridized carbons (Fsp3) is 0.467. The number of thioether (sulfide) groups is 1. The lowest BCUT2D eigenvalue weighted by Crippen LogP contribution is -2.38. The maximum Gasteiger partial charge on any atom is 0.324 e. The maximum atomic E-state index is 12.3. The molecular formula is C15H18N2O4S. The first-order valence-corrected chi connectivity index (χ1v) is 8.18. The van der Waals surface area contributed by atoms with Crippen molar-refractivity contribution in [2.24, 2.45) is 0 Å². The molecule has 0 aromatic heterocycles. The molecule has 1 aromatic carbocycles. The normalized spacial score (nSPS) is 18.6. The fourth-order valence-corrected chi connectivity index (χ4v) is 3.33. The van der Waals surface area contributed by atoms with Crippen molar-refractivity contribution in [2.45, 2.75) is 23.5 Å². The molecule has 0 saturated carbocycles. The predicted octanol–water partition coefficient (Wildman–Crippen LogP) is 1.88. The van der Waals surface area contributed by atoms with Gasteiger partial charge in [0.1, 0.15) is 0 Å². The molecule has 0 aliphatic carbocycles. The average Bonchev–Trinajstić information content (AvgIpc) is 2.80. The van der Waals surface area contributed by atoms with Crippen LogP contribution in [0.2, 0.25) is 0 Å². The Morgan fingerprint density at radius 3 is 2.82 bits per heavy atom. The number of benzene rings is 1. The van der Waals surface area contributed by atoms with Crippen LogP contribution in [0.1, 0.15) is 13.3 Å². The highest BCUT2D eigenvalue weighted by molar-refractivity contribution is 8.00. The molecule has 6 nitrogen and oxygen atoms in total. The number of carbonyl (C=O) groups is 2. The molecule has 22 heavy (non-hydrogen) atoms. The van der Waals surface area contributed by atoms with E-state index in [1.165, 1.54) is 16.7 Å². The van der Waals surface area contributed by atoms with Crippen molar-refractivity contribution in [3.05, 3.63) is 18.2 Å². The number of hydrogen-bond acceptors (Lipinski definition) is 5. The smallest absolute Gasteiger partial charge is 0.324 e. The Hall–Kier alpha value is -1.89. The van der Waals surface area contributed by atoms with Crippen molar-refractivity contribution in [1.29, 1.82) is 0 Å². The zero-order valence-electron chi connectivity index (χ0n) is 12.3. The molecular weight excluding hydrogens is 304 g/mol. The van der Waals surface area contributed by atoms with E-state index >= 15 is 0 Å². The van der Waals surface area contributed by atoms with Crippen LogP contribution in [0.25, 0.3) is 0 Å². The number of nitrogens with zero attached hydrogens (tertiary/aromatic N) is 1. The van der Waals surface area contributed by atoms with Gasteiger partial charge in [-0.15, -0.1) is 11.8 Å². The topological polar surface area (TPSA) is 67.9 Å². The van der Waals surface area contributed by atoms with Gasteiger partial charge in [0.15, 0.2) is 11.5 Å². The minimum absolute atomic E-state index is 0.174. The maximum absolute atomic E-state index is 12.3. The summed E-state index contributed by atoms with van der Waals surface area (Å²) >= 11 is 1.41. The van der Waals surface area contributed by atoms with Gasteiger partial charge >= 0.3 is 6.03 Å². The van der Waals surface area contributed by atoms with Gasteiger partial charge in [0, 0.05) is 24.4 Å². The first-order chi connectivity index (χ1) is 10.6. The summed E-state index contributed by atoms with van der Waals surface area (Å²) in [5.74, 6) is 1.27. The van der Waals surface area contributed by atoms with Crippen LogP contribution in [0, 0.1) is 0 Å². The highest BCUT2D eigenvalue weighted by atomic mass is 32.2. The molecule has 2 aliphatic rings. The van der Waals surface area contributed by atoms with E-state index in [-0.39, 0.29) is 17.2 Å². The number of rotatable bonds is 3. The fourth-order valence-electron chi connectivity index (χ4n) is 2.37. The number of nitrogens with one attached hydrogen (secondary N) is 1. The standard InChI is InChI=1S/C15H18N2O4S/c1-10(14(18)17-6-5-16-15(17)19)22-11-3-4-12-13(9-11)21-8-2-7-20-12/h3-4,9-10H,2,5-8H2,1H3,(H,16,19)/t10-/m1/s1. The Kier molecular flexibility index (Phi) is 4.42. The molecule has 1 N–H and O–H groups in total. The molecule has 1 atom stereocenters. The van der Waals surface area contributed by atoms with Gasteiger partial charge in [-0.3, -0.25) is 9.69 Å². The molecule has 3 rings (SSSR count). The van der Waals surface area contributed by atoms with Crippen molar-refractivity contribution >= 4 is 23.7 Å². The van der Waals surface area contributed by atoms with Gasteiger partial charge in [0.25, 0.3) is 0 Å². The highest BCUT2D eigenvalue weighted by Gasteiger charge is 2.30. The van der Waals surface area contributed by atoms with Gasteiger partial charge in [-0.1, -0.05) is 0 Å². The molecule has 7 heteroatoms. The summed E-state index contributed by atoms with van der Waals surface area (Å²) in [6.07, 6.45) is 0.857. The van der Waals surface area contributed by atoms with Gasteiger partial charge in [-0.25, -0.2) is 4.79 Å². The first-order valence-electron chi connectivity index (χ1n) is 7.30. The lowest BCUT2D eigenvalue weighted by Gasteiger charge is -2.18. The second-order valence-corrected chi connectivity index (χ2v) is 6.56. The molecule has 2 aliphatic heterocycles. The number of amides is 3. The van der Waals surface area contributed by atoms with Crippen molar-refractivity contribution in [3.8, 4) is 11.5 Å². The SMILES string of the molecule is C[C@@H](Sc1ccc2c(c1)OCCCO2)C(=O)N1CCNC1=O. The summed E-state index contributed by atoms with van der Waals surface area (Å²) < 4.78 is 11.2. The third-order valence-corrected chi connectivity index (χ3v) is 4.58. The zero-order chi connectivity index (χ0) is 15.5. The highest BCUT2D eigenvalue weighted by Crippen LogP contribution is 2.35. The molecule has 2 heterocycles. The van der Waals surface area contributed by atoms with E-state index in [1.54, 1.807) is 0 Å². The van der Waals surface area contributed by atoms with Crippen LogP contribution in [0.5, 0.6) is 11.5 Å². The Balaban J connectivity index is 1.68. The van der Waals surface area contributed by atoms with Crippen LogP contribution in [0.4, 0.5) is 4.79 Å². The number of hydrogen-bond donors (Lipinski definition) is 1. The van der Waals surface area contributed by atoms with E-state index in [4.69, 9.17) is 9.47 Å². The monoisotopic (exact) mass is 322 g/mol. The zero-order valence-corrected chi connectivity index (χ0v) is 13.1. The molecule has 0 spiro atoms. The van der Waals surface area contributed by atoms with Crippen LogP contribution >= 0.6 is 11.8 Å². The quantitative estimate of drug-likeness (QED) is 0.861. The van der Waals surface area contributed by atoms with Gasteiger partial charge in [0.05, 0.1) is 18.5 Å². The Labute approximate surface area is 133 Å². The lowest BCUT2D eigenvalue weighted by atomic mass is 10.3.